The highest BCUT2D eigenvalue weighted by molar-refractivity contribution is 7.09. The quantitative estimate of drug-likeness (QED) is 0.649. The van der Waals surface area contributed by atoms with Gasteiger partial charge in [-0.2, -0.15) is 18.2 Å². The second-order valence-electron chi connectivity index (χ2n) is 8.02. The molecule has 4 nitrogen and oxygen atoms in total. The van der Waals surface area contributed by atoms with Crippen molar-refractivity contribution in [1.29, 1.82) is 0 Å². The van der Waals surface area contributed by atoms with Crippen LogP contribution in [0.25, 0.3) is 0 Å². The van der Waals surface area contributed by atoms with Gasteiger partial charge in [-0.3, -0.25) is 4.79 Å². The molecule has 1 aliphatic rings. The third kappa shape index (κ3) is 5.14. The summed E-state index contributed by atoms with van der Waals surface area (Å²) >= 11 is 1.26. The van der Waals surface area contributed by atoms with Gasteiger partial charge in [0.25, 0.3) is 5.91 Å². The van der Waals surface area contributed by atoms with Gasteiger partial charge in [0.15, 0.2) is 4.80 Å². The molecule has 2 heterocycles. The van der Waals surface area contributed by atoms with E-state index in [1.54, 1.807) is 4.57 Å². The molecule has 1 saturated heterocycles. The minimum atomic E-state index is -4.68. The number of ether oxygens (including phenoxy) is 1. The average molecular weight is 430 g/mol. The number of benzene rings is 1. The highest BCUT2D eigenvalue weighted by Gasteiger charge is 2.32. The molecule has 0 spiro atoms. The fourth-order valence-electron chi connectivity index (χ4n) is 2.96. The lowest BCUT2D eigenvalue weighted by Crippen LogP contribution is -2.23. The standard InChI is InChI=1S/C20H22F4N2O2S/c1-19(2,3)16-11-26(10-13-5-4-8-28-13)18(29-16)25-17(27)14-9-12(20(22,23)24)6-7-15(14)21/h6-7,9,11,13H,4-5,8,10H2,1-3H3/b25-18-/t13-/m0/s1. The van der Waals surface area contributed by atoms with E-state index in [1.165, 1.54) is 11.3 Å². The monoisotopic (exact) mass is 430 g/mol. The third-order valence-corrected chi connectivity index (χ3v) is 6.05. The van der Waals surface area contributed by atoms with E-state index in [-0.39, 0.29) is 11.5 Å². The molecular formula is C20H22F4N2O2S. The van der Waals surface area contributed by atoms with Crippen LogP contribution < -0.4 is 4.80 Å². The van der Waals surface area contributed by atoms with Gasteiger partial charge in [0.2, 0.25) is 0 Å². The smallest absolute Gasteiger partial charge is 0.376 e. The van der Waals surface area contributed by atoms with Crippen molar-refractivity contribution in [3.05, 3.63) is 51.0 Å². The van der Waals surface area contributed by atoms with Crippen LogP contribution in [0.3, 0.4) is 0 Å². The van der Waals surface area contributed by atoms with Crippen LogP contribution in [0.1, 0.15) is 54.4 Å². The summed E-state index contributed by atoms with van der Waals surface area (Å²) in [5.41, 5.74) is -2.00. The molecule has 29 heavy (non-hydrogen) atoms. The van der Waals surface area contributed by atoms with Crippen LogP contribution in [0, 0.1) is 5.82 Å². The SMILES string of the molecule is CC(C)(C)c1cn(C[C@@H]2CCCO2)/c(=N/C(=O)c2cc(C(F)(F)F)ccc2F)s1. The maximum Gasteiger partial charge on any atom is 0.416 e. The Balaban J connectivity index is 2.02. The minimum absolute atomic E-state index is 0.0169. The highest BCUT2D eigenvalue weighted by Crippen LogP contribution is 2.30. The number of hydrogen-bond donors (Lipinski definition) is 0. The Morgan fingerprint density at radius 2 is 2.03 bits per heavy atom. The summed E-state index contributed by atoms with van der Waals surface area (Å²) in [6, 6.07) is 1.75. The van der Waals surface area contributed by atoms with Gasteiger partial charge in [-0.05, 0) is 36.5 Å². The van der Waals surface area contributed by atoms with Gasteiger partial charge < -0.3 is 9.30 Å². The first-order chi connectivity index (χ1) is 13.4. The number of aromatic nitrogens is 1. The molecule has 0 saturated carbocycles. The van der Waals surface area contributed by atoms with Gasteiger partial charge in [-0.15, -0.1) is 11.3 Å². The number of hydrogen-bond acceptors (Lipinski definition) is 3. The number of rotatable bonds is 3. The Kier molecular flexibility index (Phi) is 6.01. The third-order valence-electron chi connectivity index (χ3n) is 4.60. The van der Waals surface area contributed by atoms with Crippen molar-refractivity contribution in [2.45, 2.75) is 57.9 Å². The maximum atomic E-state index is 14.1. The van der Waals surface area contributed by atoms with Gasteiger partial charge in [-0.25, -0.2) is 4.39 Å². The zero-order valence-electron chi connectivity index (χ0n) is 16.3. The highest BCUT2D eigenvalue weighted by atomic mass is 32.1. The molecule has 1 aromatic heterocycles. The summed E-state index contributed by atoms with van der Waals surface area (Å²) in [6.07, 6.45) is -0.992. The molecule has 158 valence electrons. The van der Waals surface area contributed by atoms with E-state index in [1.807, 2.05) is 27.0 Å². The lowest BCUT2D eigenvalue weighted by molar-refractivity contribution is -0.137. The molecule has 1 aliphatic heterocycles. The Hall–Kier alpha value is -2.00. The molecule has 0 N–H and O–H groups in total. The molecule has 1 atom stereocenters. The van der Waals surface area contributed by atoms with Crippen molar-refractivity contribution in [3.8, 4) is 0 Å². The van der Waals surface area contributed by atoms with Crippen molar-refractivity contribution < 1.29 is 27.1 Å². The Morgan fingerprint density at radius 1 is 1.31 bits per heavy atom. The normalized spacial score (nSPS) is 18.4. The fraction of sp³-hybridized carbons (Fsp3) is 0.500. The number of alkyl halides is 3. The minimum Gasteiger partial charge on any atom is -0.376 e. The van der Waals surface area contributed by atoms with Crippen LogP contribution in [0.15, 0.2) is 29.4 Å². The van der Waals surface area contributed by atoms with Gasteiger partial charge in [0, 0.05) is 17.7 Å². The van der Waals surface area contributed by atoms with Crippen molar-refractivity contribution >= 4 is 17.2 Å². The van der Waals surface area contributed by atoms with Crippen molar-refractivity contribution in [3.63, 3.8) is 0 Å². The van der Waals surface area contributed by atoms with Crippen molar-refractivity contribution in [1.82, 2.24) is 4.57 Å². The predicted molar refractivity (Wildman–Crippen MR) is 101 cm³/mol. The molecule has 0 radical (unpaired) electrons. The maximum absolute atomic E-state index is 14.1. The van der Waals surface area contributed by atoms with E-state index >= 15 is 0 Å². The lowest BCUT2D eigenvalue weighted by atomic mass is 9.95. The molecule has 1 amide bonds. The first kappa shape index (κ1) is 21.7. The molecular weight excluding hydrogens is 408 g/mol. The van der Waals surface area contributed by atoms with E-state index in [0.717, 1.165) is 17.7 Å². The Labute approximate surface area is 169 Å². The van der Waals surface area contributed by atoms with Crippen molar-refractivity contribution in [2.75, 3.05) is 6.61 Å². The molecule has 1 fully saturated rings. The number of carbonyl (C=O) groups is 1. The Bertz CT molecular complexity index is 964. The van der Waals surface area contributed by atoms with E-state index in [0.29, 0.717) is 36.2 Å². The molecule has 3 rings (SSSR count). The van der Waals surface area contributed by atoms with Gasteiger partial charge in [-0.1, -0.05) is 20.8 Å². The van der Waals surface area contributed by atoms with E-state index < -0.39 is 29.0 Å². The van der Waals surface area contributed by atoms with Gasteiger partial charge in [0.1, 0.15) is 5.82 Å². The summed E-state index contributed by atoms with van der Waals surface area (Å²) in [5.74, 6) is -2.08. The van der Waals surface area contributed by atoms with Gasteiger partial charge >= 0.3 is 6.18 Å². The summed E-state index contributed by atoms with van der Waals surface area (Å²) in [7, 11) is 0. The first-order valence-corrected chi connectivity index (χ1v) is 10.0. The number of carbonyl (C=O) groups excluding carboxylic acids is 1. The van der Waals surface area contributed by atoms with E-state index in [4.69, 9.17) is 4.74 Å². The lowest BCUT2D eigenvalue weighted by Gasteiger charge is -2.15. The second-order valence-corrected chi connectivity index (χ2v) is 9.03. The molecule has 0 aliphatic carbocycles. The number of amides is 1. The van der Waals surface area contributed by atoms with E-state index in [9.17, 15) is 22.4 Å². The van der Waals surface area contributed by atoms with Crippen LogP contribution in [-0.2, 0) is 22.9 Å². The molecule has 0 unspecified atom stereocenters. The molecule has 1 aromatic carbocycles. The number of nitrogens with zero attached hydrogens (tertiary/aromatic N) is 2. The molecule has 0 bridgehead atoms. The summed E-state index contributed by atoms with van der Waals surface area (Å²) in [6.45, 7) is 7.17. The van der Waals surface area contributed by atoms with Crippen LogP contribution in [-0.4, -0.2) is 23.2 Å². The largest absolute Gasteiger partial charge is 0.416 e. The van der Waals surface area contributed by atoms with Gasteiger partial charge in [0.05, 0.1) is 23.8 Å². The fourth-order valence-corrected chi connectivity index (χ4v) is 4.02. The molecule has 9 heteroatoms. The second kappa shape index (κ2) is 8.02. The molecule has 2 aromatic rings. The summed E-state index contributed by atoms with van der Waals surface area (Å²) < 4.78 is 60.3. The summed E-state index contributed by atoms with van der Waals surface area (Å²) in [5, 5.41) is 0. The van der Waals surface area contributed by atoms with Crippen LogP contribution in [0.4, 0.5) is 17.6 Å². The zero-order chi connectivity index (χ0) is 21.4. The average Bonchev–Trinajstić information content (AvgIpc) is 3.24. The van der Waals surface area contributed by atoms with E-state index in [2.05, 4.69) is 4.99 Å². The van der Waals surface area contributed by atoms with Crippen LogP contribution >= 0.6 is 11.3 Å². The number of halogens is 4. The number of thiazole rings is 1. The predicted octanol–water partition coefficient (Wildman–Crippen LogP) is 4.93. The Morgan fingerprint density at radius 3 is 2.62 bits per heavy atom. The first-order valence-electron chi connectivity index (χ1n) is 9.23. The van der Waals surface area contributed by atoms with Crippen LogP contribution in [0.2, 0.25) is 0 Å². The van der Waals surface area contributed by atoms with Crippen molar-refractivity contribution in [2.24, 2.45) is 4.99 Å². The summed E-state index contributed by atoms with van der Waals surface area (Å²) in [4.78, 5) is 17.8. The zero-order valence-corrected chi connectivity index (χ0v) is 17.2. The van der Waals surface area contributed by atoms with Crippen LogP contribution in [0.5, 0.6) is 0 Å². The topological polar surface area (TPSA) is 43.6 Å².